The summed E-state index contributed by atoms with van der Waals surface area (Å²) in [5.41, 5.74) is 4.69. The number of aryl methyl sites for hydroxylation is 1. The Hall–Kier alpha value is -3.88. The van der Waals surface area contributed by atoms with E-state index in [1.807, 2.05) is 42.2 Å². The summed E-state index contributed by atoms with van der Waals surface area (Å²) < 4.78 is 27.9. The third kappa shape index (κ3) is 3.45. The smallest absolute Gasteiger partial charge is 0.259 e. The number of benzene rings is 2. The lowest BCUT2D eigenvalue weighted by atomic mass is 10.1. The molecule has 1 aliphatic rings. The van der Waals surface area contributed by atoms with Gasteiger partial charge in [-0.1, -0.05) is 6.07 Å². The molecule has 9 heteroatoms. The van der Waals surface area contributed by atoms with E-state index in [0.717, 1.165) is 27.8 Å². The van der Waals surface area contributed by atoms with Crippen molar-refractivity contribution in [2.45, 2.75) is 18.6 Å². The summed E-state index contributed by atoms with van der Waals surface area (Å²) in [6.45, 7) is 0. The van der Waals surface area contributed by atoms with Crippen molar-refractivity contribution in [3.05, 3.63) is 54.6 Å². The number of halogens is 1. The topological polar surface area (TPSA) is 83.2 Å². The van der Waals surface area contributed by atoms with Crippen LogP contribution < -0.4 is 14.8 Å². The molecule has 5 rings (SSSR count). The number of nitrogens with one attached hydrogen (secondary N) is 1. The maximum atomic E-state index is 13.3. The van der Waals surface area contributed by atoms with Crippen molar-refractivity contribution in [3.8, 4) is 28.3 Å². The first-order chi connectivity index (χ1) is 15.5. The number of imidazole rings is 1. The molecular formula is C23H22FN5O3. The first-order valence-electron chi connectivity index (χ1n) is 10.2. The summed E-state index contributed by atoms with van der Waals surface area (Å²) in [4.78, 5) is 17.3. The van der Waals surface area contributed by atoms with Crippen LogP contribution >= 0.6 is 0 Å². The fourth-order valence-corrected chi connectivity index (χ4v) is 3.78. The third-order valence-electron chi connectivity index (χ3n) is 5.61. The standard InChI is InChI=1S/C23H22FN5O3/c1-28-11-14(10-26-28)13-4-5-19-18(6-13)25-12-29(19)15-7-20(31-2)22(21(8-15)32-3)23(30)27-17-9-16(17)24/h4-8,10-12,16-17H,9H2,1-3H3,(H,27,30)/t16-,17+/m0/s1. The minimum Gasteiger partial charge on any atom is -0.496 e. The zero-order chi connectivity index (χ0) is 22.4. The SMILES string of the molecule is COc1cc(-n2cnc3cc(-c4cnn(C)c4)ccc32)cc(OC)c1C(=O)N[C@@H]1C[C@@H]1F. The van der Waals surface area contributed by atoms with E-state index >= 15 is 0 Å². The first kappa shape index (κ1) is 20.0. The molecule has 1 aliphatic carbocycles. The zero-order valence-corrected chi connectivity index (χ0v) is 17.9. The second kappa shape index (κ2) is 7.67. The van der Waals surface area contributed by atoms with Crippen molar-refractivity contribution in [3.63, 3.8) is 0 Å². The summed E-state index contributed by atoms with van der Waals surface area (Å²) in [5.74, 6) is 0.246. The van der Waals surface area contributed by atoms with Gasteiger partial charge in [0.2, 0.25) is 0 Å². The van der Waals surface area contributed by atoms with E-state index in [0.29, 0.717) is 17.9 Å². The number of carbonyl (C=O) groups excluding carboxylic acids is 1. The fraction of sp³-hybridized carbons (Fsp3) is 0.261. The van der Waals surface area contributed by atoms with Crippen LogP contribution in [0.25, 0.3) is 27.8 Å². The maximum Gasteiger partial charge on any atom is 0.259 e. The van der Waals surface area contributed by atoms with E-state index in [2.05, 4.69) is 15.4 Å². The van der Waals surface area contributed by atoms with Gasteiger partial charge in [-0.2, -0.15) is 5.10 Å². The molecule has 1 fully saturated rings. The number of rotatable bonds is 6. The number of alkyl halides is 1. The Kier molecular flexibility index (Phi) is 4.80. The molecule has 32 heavy (non-hydrogen) atoms. The fourth-order valence-electron chi connectivity index (χ4n) is 3.78. The van der Waals surface area contributed by atoms with Crippen LogP contribution in [0, 0.1) is 0 Å². The summed E-state index contributed by atoms with van der Waals surface area (Å²) in [7, 11) is 4.84. The molecule has 0 spiro atoms. The molecule has 2 aromatic heterocycles. The van der Waals surface area contributed by atoms with E-state index < -0.39 is 18.1 Å². The normalized spacial score (nSPS) is 17.4. The molecule has 2 atom stereocenters. The number of fused-ring (bicyclic) bond motifs is 1. The average Bonchev–Trinajstić information content (AvgIpc) is 3.17. The molecule has 0 aliphatic heterocycles. The van der Waals surface area contributed by atoms with Crippen molar-refractivity contribution in [1.29, 1.82) is 0 Å². The Labute approximate surface area is 183 Å². The van der Waals surface area contributed by atoms with E-state index in [4.69, 9.17) is 9.47 Å². The Morgan fingerprint density at radius 3 is 2.47 bits per heavy atom. The minimum absolute atomic E-state index is 0.237. The zero-order valence-electron chi connectivity index (χ0n) is 17.9. The lowest BCUT2D eigenvalue weighted by Crippen LogP contribution is -2.28. The summed E-state index contributed by atoms with van der Waals surface area (Å²) in [6.07, 6.45) is 4.80. The predicted octanol–water partition coefficient (Wildman–Crippen LogP) is 3.28. The molecule has 0 radical (unpaired) electrons. The molecule has 2 aromatic carbocycles. The van der Waals surface area contributed by atoms with Crippen molar-refractivity contribution >= 4 is 16.9 Å². The highest BCUT2D eigenvalue weighted by molar-refractivity contribution is 6.00. The maximum absolute atomic E-state index is 13.3. The number of hydrogen-bond donors (Lipinski definition) is 1. The molecule has 1 N–H and O–H groups in total. The second-order valence-electron chi connectivity index (χ2n) is 7.78. The van der Waals surface area contributed by atoms with Crippen molar-refractivity contribution in [2.24, 2.45) is 7.05 Å². The van der Waals surface area contributed by atoms with Gasteiger partial charge in [0, 0.05) is 37.4 Å². The number of nitrogens with zero attached hydrogens (tertiary/aromatic N) is 4. The van der Waals surface area contributed by atoms with E-state index in [9.17, 15) is 9.18 Å². The average molecular weight is 435 g/mol. The Balaban J connectivity index is 1.54. The van der Waals surface area contributed by atoms with Gasteiger partial charge >= 0.3 is 0 Å². The van der Waals surface area contributed by atoms with E-state index in [1.54, 1.807) is 23.1 Å². The number of methoxy groups -OCH3 is 2. The van der Waals surface area contributed by atoms with Crippen LogP contribution in [-0.2, 0) is 7.05 Å². The summed E-state index contributed by atoms with van der Waals surface area (Å²) in [5, 5.41) is 6.90. The van der Waals surface area contributed by atoms with Gasteiger partial charge in [-0.25, -0.2) is 9.37 Å². The first-order valence-corrected chi connectivity index (χ1v) is 10.2. The summed E-state index contributed by atoms with van der Waals surface area (Å²) >= 11 is 0. The number of ether oxygens (including phenoxy) is 2. The van der Waals surface area contributed by atoms with Gasteiger partial charge in [0.05, 0.1) is 43.2 Å². The Morgan fingerprint density at radius 1 is 1.16 bits per heavy atom. The number of amides is 1. The van der Waals surface area contributed by atoms with Crippen LogP contribution in [0.2, 0.25) is 0 Å². The number of hydrogen-bond acceptors (Lipinski definition) is 5. The number of carbonyl (C=O) groups is 1. The molecule has 0 bridgehead atoms. The van der Waals surface area contributed by atoms with Gasteiger partial charge < -0.3 is 14.8 Å². The molecule has 8 nitrogen and oxygen atoms in total. The van der Waals surface area contributed by atoms with Crippen molar-refractivity contribution < 1.29 is 18.7 Å². The van der Waals surface area contributed by atoms with Crippen LogP contribution in [0.1, 0.15) is 16.8 Å². The molecule has 164 valence electrons. The molecule has 0 unspecified atom stereocenters. The van der Waals surface area contributed by atoms with Gasteiger partial charge in [0.15, 0.2) is 0 Å². The van der Waals surface area contributed by atoms with Gasteiger partial charge in [-0.05, 0) is 17.7 Å². The number of aromatic nitrogens is 4. The molecule has 4 aromatic rings. The third-order valence-corrected chi connectivity index (χ3v) is 5.61. The minimum atomic E-state index is -0.996. The van der Waals surface area contributed by atoms with Crippen LogP contribution in [0.5, 0.6) is 11.5 Å². The van der Waals surface area contributed by atoms with Crippen LogP contribution in [0.15, 0.2) is 49.1 Å². The highest BCUT2D eigenvalue weighted by Crippen LogP contribution is 2.35. The van der Waals surface area contributed by atoms with Gasteiger partial charge in [0.1, 0.15) is 29.6 Å². The highest BCUT2D eigenvalue weighted by Gasteiger charge is 2.39. The lowest BCUT2D eigenvalue weighted by molar-refractivity contribution is 0.0941. The molecule has 1 amide bonds. The van der Waals surface area contributed by atoms with Crippen molar-refractivity contribution in [2.75, 3.05) is 14.2 Å². The molecule has 1 saturated carbocycles. The quantitative estimate of drug-likeness (QED) is 0.503. The molecule has 2 heterocycles. The molecular weight excluding hydrogens is 413 g/mol. The summed E-state index contributed by atoms with van der Waals surface area (Å²) in [6, 6.07) is 9.03. The monoisotopic (exact) mass is 435 g/mol. The van der Waals surface area contributed by atoms with Crippen LogP contribution in [0.3, 0.4) is 0 Å². The Morgan fingerprint density at radius 2 is 1.88 bits per heavy atom. The van der Waals surface area contributed by atoms with Gasteiger partial charge in [0.25, 0.3) is 5.91 Å². The van der Waals surface area contributed by atoms with Gasteiger partial charge in [-0.15, -0.1) is 0 Å². The predicted molar refractivity (Wildman–Crippen MR) is 117 cm³/mol. The highest BCUT2D eigenvalue weighted by atomic mass is 19.1. The Bertz CT molecular complexity index is 1300. The molecule has 0 saturated heterocycles. The van der Waals surface area contributed by atoms with E-state index in [-0.39, 0.29) is 5.56 Å². The van der Waals surface area contributed by atoms with Gasteiger partial charge in [-0.3, -0.25) is 14.0 Å². The lowest BCUT2D eigenvalue weighted by Gasteiger charge is -2.16. The van der Waals surface area contributed by atoms with E-state index in [1.165, 1.54) is 14.2 Å². The van der Waals surface area contributed by atoms with Crippen LogP contribution in [0.4, 0.5) is 4.39 Å². The van der Waals surface area contributed by atoms with Crippen molar-refractivity contribution in [1.82, 2.24) is 24.6 Å². The largest absolute Gasteiger partial charge is 0.496 e. The van der Waals surface area contributed by atoms with Crippen LogP contribution in [-0.4, -0.2) is 51.7 Å². The second-order valence-corrected chi connectivity index (χ2v) is 7.78.